The Morgan fingerprint density at radius 3 is 2.23 bits per heavy atom. The number of rotatable bonds is 3. The summed E-state index contributed by atoms with van der Waals surface area (Å²) in [5.41, 5.74) is 0. The van der Waals surface area contributed by atoms with Crippen LogP contribution in [0.3, 0.4) is 0 Å². The van der Waals surface area contributed by atoms with E-state index in [4.69, 9.17) is 0 Å². The zero-order valence-electron chi connectivity index (χ0n) is 13.6. The van der Waals surface area contributed by atoms with Crippen molar-refractivity contribution in [2.45, 2.75) is 33.2 Å². The van der Waals surface area contributed by atoms with E-state index in [1.807, 2.05) is 25.7 Å². The summed E-state index contributed by atoms with van der Waals surface area (Å²) in [6.07, 6.45) is 0.432. The van der Waals surface area contributed by atoms with Gasteiger partial charge in [0, 0.05) is 44.3 Å². The number of piperazine rings is 1. The number of thioether (sulfide) groups is 1. The maximum Gasteiger partial charge on any atom is 0.246 e. The Morgan fingerprint density at radius 2 is 1.68 bits per heavy atom. The van der Waals surface area contributed by atoms with Gasteiger partial charge in [-0.2, -0.15) is 0 Å². The van der Waals surface area contributed by atoms with E-state index in [1.165, 1.54) is 0 Å². The zero-order valence-corrected chi connectivity index (χ0v) is 14.4. The van der Waals surface area contributed by atoms with Crippen molar-refractivity contribution in [1.29, 1.82) is 0 Å². The largest absolute Gasteiger partial charge is 0.339 e. The predicted molar refractivity (Wildman–Crippen MR) is 86.2 cm³/mol. The summed E-state index contributed by atoms with van der Waals surface area (Å²) >= 11 is 1.63. The second-order valence-electron chi connectivity index (χ2n) is 6.04. The van der Waals surface area contributed by atoms with Gasteiger partial charge in [-0.05, 0) is 0 Å². The van der Waals surface area contributed by atoms with Crippen LogP contribution in [0.4, 0.5) is 0 Å². The minimum absolute atomic E-state index is 0.00819. The molecule has 2 fully saturated rings. The Morgan fingerprint density at radius 1 is 1.09 bits per heavy atom. The lowest BCUT2D eigenvalue weighted by atomic mass is 10.1. The molecule has 7 heteroatoms. The second-order valence-corrected chi connectivity index (χ2v) is 7.04. The highest BCUT2D eigenvalue weighted by Gasteiger charge is 2.37. The lowest BCUT2D eigenvalue weighted by molar-refractivity contribution is -0.146. The Hall–Kier alpha value is -1.24. The smallest absolute Gasteiger partial charge is 0.246 e. The highest BCUT2D eigenvalue weighted by Crippen LogP contribution is 2.23. The van der Waals surface area contributed by atoms with Gasteiger partial charge in [0.25, 0.3) is 0 Å². The summed E-state index contributed by atoms with van der Waals surface area (Å²) in [6, 6.07) is -0.329. The van der Waals surface area contributed by atoms with E-state index >= 15 is 0 Å². The first-order valence-electron chi connectivity index (χ1n) is 7.90. The molecule has 1 unspecified atom stereocenters. The van der Waals surface area contributed by atoms with Crippen molar-refractivity contribution < 1.29 is 14.4 Å². The van der Waals surface area contributed by atoms with E-state index in [9.17, 15) is 14.4 Å². The molecule has 0 aromatic rings. The molecule has 0 spiro atoms. The maximum atomic E-state index is 12.7. The van der Waals surface area contributed by atoms with Crippen LogP contribution in [0.25, 0.3) is 0 Å². The standard InChI is InChI=1S/C15H25N3O3S/c1-4-13(19)18-10-22-9-12(18)15(21)17-7-5-16(6-8-17)14(20)11(2)3/h11-12H,4-10H2,1-3H3. The van der Waals surface area contributed by atoms with Crippen molar-refractivity contribution in [2.24, 2.45) is 5.92 Å². The van der Waals surface area contributed by atoms with Crippen LogP contribution in [0.5, 0.6) is 0 Å². The number of carbonyl (C=O) groups excluding carboxylic acids is 3. The molecule has 0 bridgehead atoms. The molecule has 2 saturated heterocycles. The predicted octanol–water partition coefficient (Wildman–Crippen LogP) is 0.625. The van der Waals surface area contributed by atoms with E-state index in [-0.39, 0.29) is 29.7 Å². The average Bonchev–Trinajstić information content (AvgIpc) is 3.02. The van der Waals surface area contributed by atoms with Crippen LogP contribution in [0, 0.1) is 5.92 Å². The van der Waals surface area contributed by atoms with Gasteiger partial charge in [0.1, 0.15) is 6.04 Å². The van der Waals surface area contributed by atoms with Gasteiger partial charge in [-0.3, -0.25) is 14.4 Å². The molecule has 2 rings (SSSR count). The molecule has 124 valence electrons. The molecule has 0 aliphatic carbocycles. The fourth-order valence-electron chi connectivity index (χ4n) is 2.82. The maximum absolute atomic E-state index is 12.7. The number of hydrogen-bond donors (Lipinski definition) is 0. The summed E-state index contributed by atoms with van der Waals surface area (Å²) in [4.78, 5) is 41.9. The van der Waals surface area contributed by atoms with Crippen LogP contribution < -0.4 is 0 Å². The molecular formula is C15H25N3O3S. The lowest BCUT2D eigenvalue weighted by Gasteiger charge is -2.37. The molecule has 3 amide bonds. The molecule has 22 heavy (non-hydrogen) atoms. The normalized spacial score (nSPS) is 22.4. The van der Waals surface area contributed by atoms with Crippen molar-refractivity contribution in [1.82, 2.24) is 14.7 Å². The van der Waals surface area contributed by atoms with Crippen LogP contribution in [0.1, 0.15) is 27.2 Å². The Labute approximate surface area is 136 Å². The van der Waals surface area contributed by atoms with Gasteiger partial charge >= 0.3 is 0 Å². The summed E-state index contributed by atoms with van der Waals surface area (Å²) in [6.45, 7) is 7.91. The van der Waals surface area contributed by atoms with Crippen molar-refractivity contribution in [2.75, 3.05) is 37.8 Å². The summed E-state index contributed by atoms with van der Waals surface area (Å²) < 4.78 is 0. The Kier molecular flexibility index (Phi) is 5.72. The minimum atomic E-state index is -0.329. The number of carbonyl (C=O) groups is 3. The first-order chi connectivity index (χ1) is 10.5. The van der Waals surface area contributed by atoms with Crippen LogP contribution >= 0.6 is 11.8 Å². The zero-order chi connectivity index (χ0) is 16.3. The van der Waals surface area contributed by atoms with Crippen LogP contribution in [0.15, 0.2) is 0 Å². The van der Waals surface area contributed by atoms with Gasteiger partial charge in [0.05, 0.1) is 5.88 Å². The summed E-state index contributed by atoms with van der Waals surface area (Å²) in [5.74, 6) is 1.49. The molecule has 2 aliphatic rings. The summed E-state index contributed by atoms with van der Waals surface area (Å²) in [7, 11) is 0. The van der Waals surface area contributed by atoms with E-state index in [0.717, 1.165) is 0 Å². The van der Waals surface area contributed by atoms with E-state index in [2.05, 4.69) is 0 Å². The molecule has 2 heterocycles. The SMILES string of the molecule is CCC(=O)N1CSCC1C(=O)N1CCN(C(=O)C(C)C)CC1. The van der Waals surface area contributed by atoms with Crippen molar-refractivity contribution in [3.63, 3.8) is 0 Å². The number of amides is 3. The minimum Gasteiger partial charge on any atom is -0.339 e. The third-order valence-electron chi connectivity index (χ3n) is 4.19. The highest BCUT2D eigenvalue weighted by atomic mass is 32.2. The monoisotopic (exact) mass is 327 g/mol. The highest BCUT2D eigenvalue weighted by molar-refractivity contribution is 7.99. The van der Waals surface area contributed by atoms with Crippen molar-refractivity contribution >= 4 is 29.5 Å². The fourth-order valence-corrected chi connectivity index (χ4v) is 3.99. The Bertz CT molecular complexity index is 447. The van der Waals surface area contributed by atoms with Crippen LogP contribution in [0.2, 0.25) is 0 Å². The second kappa shape index (κ2) is 7.35. The number of nitrogens with zero attached hydrogens (tertiary/aromatic N) is 3. The van der Waals surface area contributed by atoms with Gasteiger partial charge in [0.15, 0.2) is 0 Å². The molecule has 2 aliphatic heterocycles. The molecule has 1 atom stereocenters. The van der Waals surface area contributed by atoms with Gasteiger partial charge < -0.3 is 14.7 Å². The van der Waals surface area contributed by atoms with E-state index in [1.54, 1.807) is 21.6 Å². The van der Waals surface area contributed by atoms with E-state index < -0.39 is 0 Å². The molecule has 0 saturated carbocycles. The number of hydrogen-bond acceptors (Lipinski definition) is 4. The molecule has 0 radical (unpaired) electrons. The quantitative estimate of drug-likeness (QED) is 0.763. The molecular weight excluding hydrogens is 302 g/mol. The van der Waals surface area contributed by atoms with Gasteiger partial charge in [-0.1, -0.05) is 20.8 Å². The third-order valence-corrected chi connectivity index (χ3v) is 5.20. The first kappa shape index (κ1) is 17.1. The molecule has 0 aromatic carbocycles. The molecule has 0 N–H and O–H groups in total. The summed E-state index contributed by atoms with van der Waals surface area (Å²) in [5, 5.41) is 0. The first-order valence-corrected chi connectivity index (χ1v) is 9.06. The third kappa shape index (κ3) is 3.56. The van der Waals surface area contributed by atoms with Gasteiger partial charge in [0.2, 0.25) is 17.7 Å². The molecule has 0 aromatic heterocycles. The Balaban J connectivity index is 1.92. The lowest BCUT2D eigenvalue weighted by Crippen LogP contribution is -2.56. The van der Waals surface area contributed by atoms with Gasteiger partial charge in [-0.15, -0.1) is 11.8 Å². The van der Waals surface area contributed by atoms with Crippen molar-refractivity contribution in [3.05, 3.63) is 0 Å². The van der Waals surface area contributed by atoms with Crippen LogP contribution in [-0.4, -0.2) is 76.3 Å². The topological polar surface area (TPSA) is 60.9 Å². The molecule has 6 nitrogen and oxygen atoms in total. The fraction of sp³-hybridized carbons (Fsp3) is 0.800. The van der Waals surface area contributed by atoms with E-state index in [0.29, 0.717) is 44.2 Å². The van der Waals surface area contributed by atoms with Crippen LogP contribution in [-0.2, 0) is 14.4 Å². The van der Waals surface area contributed by atoms with Gasteiger partial charge in [-0.25, -0.2) is 0 Å². The van der Waals surface area contributed by atoms with Crippen molar-refractivity contribution in [3.8, 4) is 0 Å². The average molecular weight is 327 g/mol.